The van der Waals surface area contributed by atoms with Crippen molar-refractivity contribution in [3.63, 3.8) is 0 Å². The van der Waals surface area contributed by atoms with E-state index in [1.54, 1.807) is 4.57 Å². The van der Waals surface area contributed by atoms with Crippen LogP contribution in [0.3, 0.4) is 0 Å². The number of aromatic nitrogens is 1. The van der Waals surface area contributed by atoms with Gasteiger partial charge >= 0.3 is 6.03 Å². The first-order valence-electron chi connectivity index (χ1n) is 10.4. The SMILES string of the molecule is Cc1ccc(NC(=O)n2c(C#Cc3ccc(C(C)(C)C)cc3)cc3ccccc32)cc1. The van der Waals surface area contributed by atoms with Crippen LogP contribution in [0.25, 0.3) is 10.9 Å². The van der Waals surface area contributed by atoms with E-state index in [1.165, 1.54) is 5.56 Å². The number of benzene rings is 3. The van der Waals surface area contributed by atoms with Crippen LogP contribution in [0.2, 0.25) is 0 Å². The molecule has 3 aromatic carbocycles. The molecular weight excluding hydrogens is 380 g/mol. The molecule has 31 heavy (non-hydrogen) atoms. The Labute approximate surface area is 183 Å². The summed E-state index contributed by atoms with van der Waals surface area (Å²) in [6.07, 6.45) is 0. The second kappa shape index (κ2) is 8.16. The van der Waals surface area contributed by atoms with Gasteiger partial charge in [0.1, 0.15) is 5.69 Å². The van der Waals surface area contributed by atoms with Gasteiger partial charge < -0.3 is 5.32 Å². The lowest BCUT2D eigenvalue weighted by molar-refractivity contribution is 0.254. The number of para-hydroxylation sites is 1. The highest BCUT2D eigenvalue weighted by Gasteiger charge is 2.15. The van der Waals surface area contributed by atoms with Crippen molar-refractivity contribution in [2.45, 2.75) is 33.1 Å². The topological polar surface area (TPSA) is 34.0 Å². The van der Waals surface area contributed by atoms with Gasteiger partial charge in [0, 0.05) is 16.6 Å². The molecule has 4 aromatic rings. The van der Waals surface area contributed by atoms with E-state index >= 15 is 0 Å². The third-order valence-corrected chi connectivity index (χ3v) is 5.30. The highest BCUT2D eigenvalue weighted by Crippen LogP contribution is 2.23. The number of rotatable bonds is 1. The number of aryl methyl sites for hydroxylation is 1. The van der Waals surface area contributed by atoms with Crippen LogP contribution < -0.4 is 5.32 Å². The molecule has 1 N–H and O–H groups in total. The molecule has 1 amide bonds. The van der Waals surface area contributed by atoms with Gasteiger partial charge in [-0.05, 0) is 60.2 Å². The Morgan fingerprint density at radius 1 is 0.871 bits per heavy atom. The fraction of sp³-hybridized carbons (Fsp3) is 0.179. The van der Waals surface area contributed by atoms with Crippen LogP contribution in [0.4, 0.5) is 10.5 Å². The van der Waals surface area contributed by atoms with E-state index in [2.05, 4.69) is 50.1 Å². The molecule has 0 aliphatic heterocycles. The Kier molecular flexibility index (Phi) is 5.40. The molecule has 1 aromatic heterocycles. The predicted molar refractivity (Wildman–Crippen MR) is 129 cm³/mol. The predicted octanol–water partition coefficient (Wildman–Crippen LogP) is 6.73. The average molecular weight is 407 g/mol. The Morgan fingerprint density at radius 2 is 1.55 bits per heavy atom. The van der Waals surface area contributed by atoms with Crippen molar-refractivity contribution < 1.29 is 4.79 Å². The molecule has 0 atom stereocenters. The minimum absolute atomic E-state index is 0.104. The summed E-state index contributed by atoms with van der Waals surface area (Å²) in [6.45, 7) is 8.60. The number of hydrogen-bond acceptors (Lipinski definition) is 1. The Hall–Kier alpha value is -3.77. The zero-order chi connectivity index (χ0) is 22.0. The highest BCUT2D eigenvalue weighted by atomic mass is 16.2. The molecule has 0 saturated carbocycles. The van der Waals surface area contributed by atoms with Crippen LogP contribution in [-0.4, -0.2) is 10.6 Å². The van der Waals surface area contributed by atoms with Crippen LogP contribution in [0, 0.1) is 18.8 Å². The third-order valence-electron chi connectivity index (χ3n) is 5.30. The number of nitrogens with one attached hydrogen (secondary N) is 1. The van der Waals surface area contributed by atoms with Gasteiger partial charge in [0.15, 0.2) is 0 Å². The average Bonchev–Trinajstić information content (AvgIpc) is 3.12. The molecule has 1 heterocycles. The van der Waals surface area contributed by atoms with Gasteiger partial charge in [-0.15, -0.1) is 0 Å². The molecule has 0 bridgehead atoms. The van der Waals surface area contributed by atoms with Crippen LogP contribution in [-0.2, 0) is 5.41 Å². The second-order valence-electron chi connectivity index (χ2n) is 8.80. The van der Waals surface area contributed by atoms with Gasteiger partial charge in [0.05, 0.1) is 5.52 Å². The number of amides is 1. The van der Waals surface area contributed by atoms with Crippen LogP contribution >= 0.6 is 0 Å². The maximum Gasteiger partial charge on any atom is 0.331 e. The summed E-state index contributed by atoms with van der Waals surface area (Å²) in [5.74, 6) is 6.42. The summed E-state index contributed by atoms with van der Waals surface area (Å²) in [6, 6.07) is 25.6. The van der Waals surface area contributed by atoms with Gasteiger partial charge in [-0.3, -0.25) is 4.57 Å². The van der Waals surface area contributed by atoms with Crippen molar-refractivity contribution in [3.8, 4) is 11.8 Å². The van der Waals surface area contributed by atoms with Crippen molar-refractivity contribution in [1.82, 2.24) is 4.57 Å². The monoisotopic (exact) mass is 406 g/mol. The lowest BCUT2D eigenvalue weighted by Crippen LogP contribution is -2.20. The second-order valence-corrected chi connectivity index (χ2v) is 8.80. The highest BCUT2D eigenvalue weighted by molar-refractivity contribution is 6.00. The molecule has 0 radical (unpaired) electrons. The quantitative estimate of drug-likeness (QED) is 0.350. The fourth-order valence-corrected chi connectivity index (χ4v) is 3.47. The van der Waals surface area contributed by atoms with Gasteiger partial charge in [0.25, 0.3) is 0 Å². The minimum Gasteiger partial charge on any atom is -0.307 e. The smallest absolute Gasteiger partial charge is 0.307 e. The molecule has 0 spiro atoms. The molecule has 3 nitrogen and oxygen atoms in total. The Balaban J connectivity index is 1.69. The maximum absolute atomic E-state index is 13.1. The number of fused-ring (bicyclic) bond motifs is 1. The number of anilines is 1. The number of carbonyl (C=O) groups is 1. The van der Waals surface area contributed by atoms with E-state index in [9.17, 15) is 4.79 Å². The molecule has 3 heteroatoms. The van der Waals surface area contributed by atoms with Crippen molar-refractivity contribution in [2.75, 3.05) is 5.32 Å². The summed E-state index contributed by atoms with van der Waals surface area (Å²) in [5, 5.41) is 3.96. The van der Waals surface area contributed by atoms with Gasteiger partial charge in [-0.25, -0.2) is 4.79 Å². The standard InChI is InChI=1S/C28H26N2O/c1-20-9-16-24(17-10-20)29-27(31)30-25(19-22-7-5-6-8-26(22)30)18-13-21-11-14-23(15-12-21)28(2,3)4/h5-12,14-17,19H,1-4H3,(H,29,31). The van der Waals surface area contributed by atoms with E-state index in [-0.39, 0.29) is 11.4 Å². The summed E-state index contributed by atoms with van der Waals surface area (Å²) < 4.78 is 1.64. The van der Waals surface area contributed by atoms with E-state index in [0.717, 1.165) is 27.7 Å². The first-order valence-corrected chi connectivity index (χ1v) is 10.4. The molecule has 0 saturated heterocycles. The minimum atomic E-state index is -0.225. The Bertz CT molecular complexity index is 1290. The number of nitrogens with zero attached hydrogens (tertiary/aromatic N) is 1. The van der Waals surface area contributed by atoms with Crippen molar-refractivity contribution in [2.24, 2.45) is 0 Å². The van der Waals surface area contributed by atoms with Crippen LogP contribution in [0.1, 0.15) is 43.2 Å². The molecule has 154 valence electrons. The lowest BCUT2D eigenvalue weighted by Gasteiger charge is -2.18. The van der Waals surface area contributed by atoms with Crippen LogP contribution in [0.15, 0.2) is 78.9 Å². The number of carbonyl (C=O) groups excluding carboxylic acids is 1. The summed E-state index contributed by atoms with van der Waals surface area (Å²) in [4.78, 5) is 13.1. The van der Waals surface area contributed by atoms with Crippen LogP contribution in [0.5, 0.6) is 0 Å². The van der Waals surface area contributed by atoms with E-state index in [1.807, 2.05) is 73.7 Å². The first-order chi connectivity index (χ1) is 14.8. The van der Waals surface area contributed by atoms with E-state index < -0.39 is 0 Å². The van der Waals surface area contributed by atoms with Crippen molar-refractivity contribution in [3.05, 3.63) is 101 Å². The van der Waals surface area contributed by atoms with E-state index in [4.69, 9.17) is 0 Å². The molecule has 4 rings (SSSR count). The largest absolute Gasteiger partial charge is 0.331 e. The molecule has 0 fully saturated rings. The molecular formula is C28H26N2O. The van der Waals surface area contributed by atoms with Gasteiger partial charge in [-0.2, -0.15) is 0 Å². The van der Waals surface area contributed by atoms with Gasteiger partial charge in [-0.1, -0.05) is 74.7 Å². The van der Waals surface area contributed by atoms with Crippen molar-refractivity contribution >= 4 is 22.6 Å². The fourth-order valence-electron chi connectivity index (χ4n) is 3.47. The zero-order valence-corrected chi connectivity index (χ0v) is 18.4. The first kappa shape index (κ1) is 20.5. The summed E-state index contributed by atoms with van der Waals surface area (Å²) in [5.41, 5.74) is 5.68. The summed E-state index contributed by atoms with van der Waals surface area (Å²) >= 11 is 0. The summed E-state index contributed by atoms with van der Waals surface area (Å²) in [7, 11) is 0. The molecule has 0 aliphatic rings. The van der Waals surface area contributed by atoms with Gasteiger partial charge in [0.2, 0.25) is 0 Å². The normalized spacial score (nSPS) is 11.1. The molecule has 0 aliphatic carbocycles. The molecule has 0 unspecified atom stereocenters. The van der Waals surface area contributed by atoms with Crippen molar-refractivity contribution in [1.29, 1.82) is 0 Å². The Morgan fingerprint density at radius 3 is 2.23 bits per heavy atom. The zero-order valence-electron chi connectivity index (χ0n) is 18.4. The number of hydrogen-bond donors (Lipinski definition) is 1. The lowest BCUT2D eigenvalue weighted by atomic mass is 9.87. The third kappa shape index (κ3) is 4.54. The maximum atomic E-state index is 13.1. The van der Waals surface area contributed by atoms with E-state index in [0.29, 0.717) is 5.69 Å².